The van der Waals surface area contributed by atoms with Crippen LogP contribution in [0.1, 0.15) is 18.9 Å². The third-order valence-corrected chi connectivity index (χ3v) is 3.83. The molecular weight excluding hydrogens is 262 g/mol. The molecule has 0 N–H and O–H groups in total. The van der Waals surface area contributed by atoms with E-state index in [2.05, 4.69) is 6.92 Å². The minimum atomic E-state index is -0.264. The summed E-state index contributed by atoms with van der Waals surface area (Å²) < 4.78 is 5.48. The summed E-state index contributed by atoms with van der Waals surface area (Å²) in [6.45, 7) is 2.47. The van der Waals surface area contributed by atoms with E-state index >= 15 is 0 Å². The largest absolute Gasteiger partial charge is 0.444 e. The van der Waals surface area contributed by atoms with Crippen molar-refractivity contribution in [1.82, 2.24) is 0 Å². The van der Waals surface area contributed by atoms with Crippen LogP contribution in [0.3, 0.4) is 0 Å². The lowest BCUT2D eigenvalue weighted by molar-refractivity contribution is 0.146. The Hall–Kier alpha value is -2.29. The van der Waals surface area contributed by atoms with Crippen LogP contribution in [0.25, 0.3) is 0 Å². The van der Waals surface area contributed by atoms with Crippen molar-refractivity contribution in [1.29, 1.82) is 0 Å². The smallest absolute Gasteiger partial charge is 0.414 e. The van der Waals surface area contributed by atoms with Crippen LogP contribution in [0.4, 0.5) is 10.5 Å². The highest BCUT2D eigenvalue weighted by molar-refractivity contribution is 5.89. The highest BCUT2D eigenvalue weighted by atomic mass is 16.6. The summed E-state index contributed by atoms with van der Waals surface area (Å²) in [6.07, 6.45) is 0.773. The second-order valence-corrected chi connectivity index (χ2v) is 5.53. The topological polar surface area (TPSA) is 29.5 Å². The third-order valence-electron chi connectivity index (χ3n) is 3.83. The Balaban J connectivity index is 1.70. The van der Waals surface area contributed by atoms with E-state index in [0.717, 1.165) is 17.7 Å². The number of carbonyl (C=O) groups is 1. The number of hydrogen-bond donors (Lipinski definition) is 0. The zero-order valence-corrected chi connectivity index (χ0v) is 12.1. The van der Waals surface area contributed by atoms with E-state index in [1.54, 1.807) is 4.90 Å². The fourth-order valence-corrected chi connectivity index (χ4v) is 2.47. The lowest BCUT2D eigenvalue weighted by atomic mass is 10.2. The molecule has 108 valence electrons. The maximum Gasteiger partial charge on any atom is 0.414 e. The van der Waals surface area contributed by atoms with E-state index in [0.29, 0.717) is 12.5 Å². The van der Waals surface area contributed by atoms with Crippen LogP contribution in [0.2, 0.25) is 0 Å². The van der Waals surface area contributed by atoms with Crippen LogP contribution < -0.4 is 4.90 Å². The molecule has 3 heteroatoms. The second-order valence-electron chi connectivity index (χ2n) is 5.53. The van der Waals surface area contributed by atoms with Crippen LogP contribution in [0.15, 0.2) is 60.7 Å². The number of hydrogen-bond acceptors (Lipinski definition) is 2. The van der Waals surface area contributed by atoms with Gasteiger partial charge in [0, 0.05) is 11.7 Å². The van der Waals surface area contributed by atoms with Gasteiger partial charge in [-0.2, -0.15) is 0 Å². The fraction of sp³-hybridized carbons (Fsp3) is 0.278. The number of nitrogens with zero attached hydrogens (tertiary/aromatic N) is 1. The van der Waals surface area contributed by atoms with E-state index in [4.69, 9.17) is 4.74 Å². The molecule has 0 aromatic heterocycles. The van der Waals surface area contributed by atoms with Gasteiger partial charge in [0.2, 0.25) is 0 Å². The Labute approximate surface area is 125 Å². The highest BCUT2D eigenvalue weighted by Gasteiger charge is 2.42. The van der Waals surface area contributed by atoms with Gasteiger partial charge in [0.05, 0.1) is 0 Å². The second kappa shape index (κ2) is 6.00. The van der Waals surface area contributed by atoms with Crippen LogP contribution >= 0.6 is 0 Å². The van der Waals surface area contributed by atoms with Crippen LogP contribution in [-0.2, 0) is 11.3 Å². The number of carbonyl (C=O) groups excluding carboxylic acids is 1. The summed E-state index contributed by atoms with van der Waals surface area (Å²) in [7, 11) is 0. The summed E-state index contributed by atoms with van der Waals surface area (Å²) in [5, 5.41) is 0. The Bertz CT molecular complexity index is 597. The lowest BCUT2D eigenvalue weighted by Crippen LogP contribution is -2.34. The number of para-hydroxylation sites is 1. The maximum atomic E-state index is 12.4. The van der Waals surface area contributed by atoms with Crippen molar-refractivity contribution in [2.45, 2.75) is 26.0 Å². The number of ether oxygens (including phenoxy) is 1. The molecule has 3 nitrogen and oxygen atoms in total. The van der Waals surface area contributed by atoms with Gasteiger partial charge in [-0.1, -0.05) is 55.5 Å². The molecule has 1 fully saturated rings. The molecule has 1 saturated carbocycles. The first-order valence-electron chi connectivity index (χ1n) is 7.30. The zero-order valence-electron chi connectivity index (χ0n) is 12.1. The Morgan fingerprint density at radius 3 is 2.24 bits per heavy atom. The summed E-state index contributed by atoms with van der Waals surface area (Å²) in [6, 6.07) is 19.8. The van der Waals surface area contributed by atoms with Crippen molar-refractivity contribution >= 4 is 11.8 Å². The highest BCUT2D eigenvalue weighted by Crippen LogP contribution is 2.38. The molecule has 1 aliphatic rings. The van der Waals surface area contributed by atoms with Crippen molar-refractivity contribution in [2.75, 3.05) is 4.90 Å². The maximum absolute atomic E-state index is 12.4. The van der Waals surface area contributed by atoms with Gasteiger partial charge in [-0.3, -0.25) is 4.90 Å². The minimum Gasteiger partial charge on any atom is -0.444 e. The molecule has 0 saturated heterocycles. The van der Waals surface area contributed by atoms with Crippen LogP contribution in [-0.4, -0.2) is 12.1 Å². The average Bonchev–Trinajstić information content (AvgIpc) is 3.24. The molecule has 0 spiro atoms. The van der Waals surface area contributed by atoms with Gasteiger partial charge < -0.3 is 4.74 Å². The summed E-state index contributed by atoms with van der Waals surface area (Å²) >= 11 is 0. The van der Waals surface area contributed by atoms with Gasteiger partial charge in [-0.25, -0.2) is 4.79 Å². The Morgan fingerprint density at radius 2 is 1.67 bits per heavy atom. The molecule has 0 unspecified atom stereocenters. The monoisotopic (exact) mass is 281 g/mol. The average molecular weight is 281 g/mol. The van der Waals surface area contributed by atoms with Gasteiger partial charge in [-0.05, 0) is 30.0 Å². The van der Waals surface area contributed by atoms with E-state index in [-0.39, 0.29) is 12.1 Å². The number of rotatable bonds is 4. The molecule has 2 aromatic carbocycles. The first kappa shape index (κ1) is 13.7. The predicted molar refractivity (Wildman–Crippen MR) is 83.1 cm³/mol. The zero-order chi connectivity index (χ0) is 14.7. The molecule has 2 aromatic rings. The molecule has 1 aliphatic carbocycles. The predicted octanol–water partition coefficient (Wildman–Crippen LogP) is 4.24. The molecule has 1 amide bonds. The molecular formula is C18H19NO2. The van der Waals surface area contributed by atoms with Crippen molar-refractivity contribution in [3.8, 4) is 0 Å². The molecule has 0 radical (unpaired) electrons. The van der Waals surface area contributed by atoms with E-state index < -0.39 is 0 Å². The molecule has 2 atom stereocenters. The van der Waals surface area contributed by atoms with Crippen molar-refractivity contribution in [2.24, 2.45) is 5.92 Å². The molecule has 0 aliphatic heterocycles. The van der Waals surface area contributed by atoms with Crippen LogP contribution in [0, 0.1) is 5.92 Å². The van der Waals surface area contributed by atoms with Gasteiger partial charge >= 0.3 is 6.09 Å². The van der Waals surface area contributed by atoms with E-state index in [1.165, 1.54) is 0 Å². The molecule has 21 heavy (non-hydrogen) atoms. The molecule has 3 rings (SSSR count). The Kier molecular flexibility index (Phi) is 3.91. The van der Waals surface area contributed by atoms with Crippen molar-refractivity contribution in [3.05, 3.63) is 66.2 Å². The first-order valence-corrected chi connectivity index (χ1v) is 7.30. The SMILES string of the molecule is C[C@@H]1C[C@H]1N(C(=O)OCc1ccccc1)c1ccccc1. The third kappa shape index (κ3) is 3.24. The number of anilines is 1. The normalized spacial score (nSPS) is 19.9. The quantitative estimate of drug-likeness (QED) is 0.839. The van der Waals surface area contributed by atoms with Gasteiger partial charge in [-0.15, -0.1) is 0 Å². The first-order chi connectivity index (χ1) is 10.3. The molecule has 0 bridgehead atoms. The van der Waals surface area contributed by atoms with Gasteiger partial charge in [0.25, 0.3) is 0 Å². The van der Waals surface area contributed by atoms with Gasteiger partial charge in [0.1, 0.15) is 6.61 Å². The molecule has 0 heterocycles. The van der Waals surface area contributed by atoms with Crippen molar-refractivity contribution in [3.63, 3.8) is 0 Å². The van der Waals surface area contributed by atoms with E-state index in [9.17, 15) is 4.79 Å². The minimum absolute atomic E-state index is 0.260. The lowest BCUT2D eigenvalue weighted by Gasteiger charge is -2.22. The Morgan fingerprint density at radius 1 is 1.10 bits per heavy atom. The standard InChI is InChI=1S/C18H19NO2/c1-14-12-17(14)19(16-10-6-3-7-11-16)18(20)21-13-15-8-4-2-5-9-15/h2-11,14,17H,12-13H2,1H3/t14-,17-/m1/s1. The van der Waals surface area contributed by atoms with Crippen LogP contribution in [0.5, 0.6) is 0 Å². The number of amides is 1. The van der Waals surface area contributed by atoms with Crippen molar-refractivity contribution < 1.29 is 9.53 Å². The van der Waals surface area contributed by atoms with E-state index in [1.807, 2.05) is 60.7 Å². The van der Waals surface area contributed by atoms with Gasteiger partial charge in [0.15, 0.2) is 0 Å². The fourth-order valence-electron chi connectivity index (χ4n) is 2.47. The summed E-state index contributed by atoms with van der Waals surface area (Å²) in [5.74, 6) is 0.537. The summed E-state index contributed by atoms with van der Waals surface area (Å²) in [4.78, 5) is 14.2. The number of benzene rings is 2. The summed E-state index contributed by atoms with van der Waals surface area (Å²) in [5.41, 5.74) is 1.91.